The largest absolute Gasteiger partial charge is 0.265 e. The van der Waals surface area contributed by atoms with Crippen LogP contribution in [-0.2, 0) is 0 Å². The summed E-state index contributed by atoms with van der Waals surface area (Å²) in [5.74, 6) is -4.14. The molecular formula is C14H11ClF3N. The molecule has 0 amide bonds. The quantitative estimate of drug-likeness (QED) is 0.594. The van der Waals surface area contributed by atoms with Gasteiger partial charge in [-0.25, -0.2) is 13.2 Å². The number of rotatable bonds is 3. The first-order valence-corrected chi connectivity index (χ1v) is 6.12. The molecule has 1 nitrogen and oxygen atoms in total. The molecule has 0 N–H and O–H groups in total. The molecule has 2 aromatic rings. The van der Waals surface area contributed by atoms with Gasteiger partial charge in [0, 0.05) is 18.3 Å². The maximum Gasteiger partial charge on any atom is 0.194 e. The van der Waals surface area contributed by atoms with Crippen molar-refractivity contribution in [2.45, 2.75) is 18.2 Å². The van der Waals surface area contributed by atoms with Crippen LogP contribution in [0.2, 0.25) is 0 Å². The summed E-state index contributed by atoms with van der Waals surface area (Å²) in [7, 11) is 0. The molecule has 0 spiro atoms. The summed E-state index contributed by atoms with van der Waals surface area (Å²) in [6.07, 6.45) is 3.22. The van der Waals surface area contributed by atoms with E-state index >= 15 is 0 Å². The lowest BCUT2D eigenvalue weighted by Crippen LogP contribution is -2.05. The molecule has 19 heavy (non-hydrogen) atoms. The SMILES string of the molecule is CC(c1ccncc1)C(Cl)c1cc(F)c(F)c(F)c1. The summed E-state index contributed by atoms with van der Waals surface area (Å²) in [5, 5.41) is -0.660. The topological polar surface area (TPSA) is 12.9 Å². The van der Waals surface area contributed by atoms with E-state index in [0.29, 0.717) is 0 Å². The normalized spacial score (nSPS) is 14.2. The Morgan fingerprint density at radius 3 is 2.05 bits per heavy atom. The van der Waals surface area contributed by atoms with Crippen LogP contribution in [0, 0.1) is 17.5 Å². The summed E-state index contributed by atoms with van der Waals surface area (Å²) in [6, 6.07) is 5.40. The predicted molar refractivity (Wildman–Crippen MR) is 67.6 cm³/mol. The molecule has 0 fully saturated rings. The highest BCUT2D eigenvalue weighted by atomic mass is 35.5. The lowest BCUT2D eigenvalue weighted by molar-refractivity contribution is 0.444. The van der Waals surface area contributed by atoms with Gasteiger partial charge >= 0.3 is 0 Å². The van der Waals surface area contributed by atoms with Crippen LogP contribution in [0.3, 0.4) is 0 Å². The average Bonchev–Trinajstić information content (AvgIpc) is 2.43. The average molecular weight is 286 g/mol. The van der Waals surface area contributed by atoms with E-state index in [9.17, 15) is 13.2 Å². The van der Waals surface area contributed by atoms with Crippen LogP contribution in [-0.4, -0.2) is 4.98 Å². The third-order valence-corrected chi connectivity index (χ3v) is 3.63. The lowest BCUT2D eigenvalue weighted by atomic mass is 9.94. The minimum Gasteiger partial charge on any atom is -0.265 e. The number of hydrogen-bond donors (Lipinski definition) is 0. The second kappa shape index (κ2) is 5.61. The molecule has 1 aromatic carbocycles. The molecular weight excluding hydrogens is 275 g/mol. The second-order valence-corrected chi connectivity index (χ2v) is 4.74. The first-order valence-electron chi connectivity index (χ1n) is 5.69. The molecule has 2 unspecified atom stereocenters. The molecule has 0 aliphatic rings. The van der Waals surface area contributed by atoms with Gasteiger partial charge < -0.3 is 0 Å². The van der Waals surface area contributed by atoms with Gasteiger partial charge in [0.1, 0.15) is 0 Å². The van der Waals surface area contributed by atoms with Gasteiger partial charge in [-0.05, 0) is 35.4 Å². The molecule has 1 heterocycles. The third-order valence-electron chi connectivity index (χ3n) is 3.00. The Morgan fingerprint density at radius 1 is 1.00 bits per heavy atom. The molecule has 0 saturated carbocycles. The Hall–Kier alpha value is -1.55. The molecule has 2 rings (SSSR count). The van der Waals surface area contributed by atoms with E-state index in [2.05, 4.69) is 4.98 Å². The molecule has 0 saturated heterocycles. The first kappa shape index (κ1) is 13.9. The number of aromatic nitrogens is 1. The maximum atomic E-state index is 13.2. The van der Waals surface area contributed by atoms with E-state index in [4.69, 9.17) is 11.6 Å². The van der Waals surface area contributed by atoms with E-state index in [1.807, 2.05) is 6.92 Å². The molecule has 1 aromatic heterocycles. The number of hydrogen-bond acceptors (Lipinski definition) is 1. The summed E-state index contributed by atoms with van der Waals surface area (Å²) < 4.78 is 39.3. The molecule has 100 valence electrons. The smallest absolute Gasteiger partial charge is 0.194 e. The number of halogens is 4. The third kappa shape index (κ3) is 2.89. The van der Waals surface area contributed by atoms with E-state index in [1.165, 1.54) is 0 Å². The highest BCUT2D eigenvalue weighted by Gasteiger charge is 2.21. The van der Waals surface area contributed by atoms with Crippen molar-refractivity contribution < 1.29 is 13.2 Å². The standard InChI is InChI=1S/C14H11ClF3N/c1-8(9-2-4-19-5-3-9)13(15)10-6-11(16)14(18)12(17)7-10/h2-8,13H,1H3. The van der Waals surface area contributed by atoms with Gasteiger partial charge in [-0.3, -0.25) is 4.98 Å². The molecule has 0 aliphatic heterocycles. The number of alkyl halides is 1. The number of nitrogens with zero attached hydrogens (tertiary/aromatic N) is 1. The van der Waals surface area contributed by atoms with Gasteiger partial charge in [0.2, 0.25) is 0 Å². The van der Waals surface area contributed by atoms with Gasteiger partial charge in [-0.2, -0.15) is 0 Å². The highest BCUT2D eigenvalue weighted by molar-refractivity contribution is 6.21. The summed E-state index contributed by atoms with van der Waals surface area (Å²) in [5.41, 5.74) is 1.10. The zero-order valence-electron chi connectivity index (χ0n) is 10.1. The van der Waals surface area contributed by atoms with E-state index in [-0.39, 0.29) is 11.5 Å². The second-order valence-electron chi connectivity index (χ2n) is 4.27. The number of pyridine rings is 1. The summed E-state index contributed by atoms with van der Waals surface area (Å²) in [4.78, 5) is 3.89. The lowest BCUT2D eigenvalue weighted by Gasteiger charge is -2.19. The monoisotopic (exact) mass is 285 g/mol. The summed E-state index contributed by atoms with van der Waals surface area (Å²) in [6.45, 7) is 1.83. The van der Waals surface area contributed by atoms with Gasteiger partial charge in [-0.1, -0.05) is 6.92 Å². The van der Waals surface area contributed by atoms with Gasteiger partial charge in [0.25, 0.3) is 0 Å². The zero-order chi connectivity index (χ0) is 14.0. The molecule has 2 atom stereocenters. The zero-order valence-corrected chi connectivity index (χ0v) is 10.8. The van der Waals surface area contributed by atoms with Crippen molar-refractivity contribution in [1.29, 1.82) is 0 Å². The van der Waals surface area contributed by atoms with E-state index in [1.54, 1.807) is 24.5 Å². The van der Waals surface area contributed by atoms with Crippen molar-refractivity contribution in [3.63, 3.8) is 0 Å². The van der Waals surface area contributed by atoms with Crippen molar-refractivity contribution in [3.05, 3.63) is 65.2 Å². The van der Waals surface area contributed by atoms with Crippen LogP contribution in [0.5, 0.6) is 0 Å². The minimum absolute atomic E-state index is 0.186. The van der Waals surface area contributed by atoms with E-state index in [0.717, 1.165) is 17.7 Å². The van der Waals surface area contributed by atoms with Crippen LogP contribution in [0.4, 0.5) is 13.2 Å². The highest BCUT2D eigenvalue weighted by Crippen LogP contribution is 2.36. The van der Waals surface area contributed by atoms with Crippen molar-refractivity contribution in [1.82, 2.24) is 4.98 Å². The molecule has 0 aliphatic carbocycles. The number of benzene rings is 1. The Bertz CT molecular complexity index is 551. The van der Waals surface area contributed by atoms with Gasteiger partial charge in [0.15, 0.2) is 17.5 Å². The fourth-order valence-corrected chi connectivity index (χ4v) is 2.13. The Kier molecular flexibility index (Phi) is 4.10. The molecule has 0 radical (unpaired) electrons. The Balaban J connectivity index is 2.32. The van der Waals surface area contributed by atoms with Crippen molar-refractivity contribution in [2.75, 3.05) is 0 Å². The minimum atomic E-state index is -1.48. The van der Waals surface area contributed by atoms with Crippen LogP contribution < -0.4 is 0 Å². The van der Waals surface area contributed by atoms with Crippen molar-refractivity contribution in [3.8, 4) is 0 Å². The maximum absolute atomic E-state index is 13.2. The van der Waals surface area contributed by atoms with Gasteiger partial charge in [0.05, 0.1) is 5.38 Å². The fraction of sp³-hybridized carbons (Fsp3) is 0.214. The first-order chi connectivity index (χ1) is 9.00. The Morgan fingerprint density at radius 2 is 1.53 bits per heavy atom. The predicted octanol–water partition coefficient (Wildman–Crippen LogP) is 4.58. The fourth-order valence-electron chi connectivity index (χ4n) is 1.86. The summed E-state index contributed by atoms with van der Waals surface area (Å²) >= 11 is 6.21. The molecule has 5 heteroatoms. The van der Waals surface area contributed by atoms with Crippen LogP contribution in [0.1, 0.15) is 29.3 Å². The van der Waals surface area contributed by atoms with Crippen LogP contribution in [0.15, 0.2) is 36.7 Å². The van der Waals surface area contributed by atoms with E-state index < -0.39 is 22.8 Å². The van der Waals surface area contributed by atoms with Crippen molar-refractivity contribution >= 4 is 11.6 Å². The van der Waals surface area contributed by atoms with Crippen LogP contribution in [0.25, 0.3) is 0 Å². The van der Waals surface area contributed by atoms with Gasteiger partial charge in [-0.15, -0.1) is 11.6 Å². The van der Waals surface area contributed by atoms with Crippen molar-refractivity contribution in [2.24, 2.45) is 0 Å². The molecule has 0 bridgehead atoms. The Labute approximate surface area is 114 Å². The van der Waals surface area contributed by atoms with Crippen LogP contribution >= 0.6 is 11.6 Å².